The van der Waals surface area contributed by atoms with Gasteiger partial charge in [-0.15, -0.1) is 0 Å². The van der Waals surface area contributed by atoms with Crippen LogP contribution in [0.3, 0.4) is 0 Å². The average Bonchev–Trinajstić information content (AvgIpc) is 2.77. The maximum absolute atomic E-state index is 13.0. The van der Waals surface area contributed by atoms with Gasteiger partial charge in [-0.3, -0.25) is 4.98 Å². The Kier molecular flexibility index (Phi) is 5.34. The van der Waals surface area contributed by atoms with Gasteiger partial charge in [0.2, 0.25) is 0 Å². The normalized spacial score (nSPS) is 16.1. The number of pyridine rings is 1. The molecule has 30 heavy (non-hydrogen) atoms. The number of methoxy groups -OCH3 is 1. The van der Waals surface area contributed by atoms with Crippen molar-refractivity contribution in [1.82, 2.24) is 15.6 Å². The molecule has 2 N–H and O–H groups in total. The highest BCUT2D eigenvalue weighted by molar-refractivity contribution is 5.96. The fourth-order valence-corrected chi connectivity index (χ4v) is 3.52. The van der Waals surface area contributed by atoms with Crippen molar-refractivity contribution in [2.24, 2.45) is 0 Å². The quantitative estimate of drug-likeness (QED) is 0.635. The number of para-hydroxylation sites is 1. The van der Waals surface area contributed by atoms with E-state index in [9.17, 15) is 9.59 Å². The van der Waals surface area contributed by atoms with Crippen molar-refractivity contribution >= 4 is 22.9 Å². The molecule has 2 aromatic carbocycles. The number of rotatable bonds is 5. The van der Waals surface area contributed by atoms with E-state index in [0.717, 1.165) is 27.8 Å². The highest BCUT2D eigenvalue weighted by Crippen LogP contribution is 2.32. The summed E-state index contributed by atoms with van der Waals surface area (Å²) < 4.78 is 10.7. The molecule has 1 aromatic heterocycles. The van der Waals surface area contributed by atoms with Gasteiger partial charge < -0.3 is 20.1 Å². The van der Waals surface area contributed by atoms with Crippen molar-refractivity contribution in [3.05, 3.63) is 83.2 Å². The highest BCUT2D eigenvalue weighted by atomic mass is 16.5. The molecule has 1 unspecified atom stereocenters. The Hall–Kier alpha value is -3.87. The van der Waals surface area contributed by atoms with Gasteiger partial charge in [0.15, 0.2) is 0 Å². The summed E-state index contributed by atoms with van der Waals surface area (Å²) in [6, 6.07) is 15.7. The smallest absolute Gasteiger partial charge is 0.338 e. The number of ether oxygens (including phenoxy) is 2. The molecule has 1 aliphatic rings. The van der Waals surface area contributed by atoms with Crippen LogP contribution < -0.4 is 15.4 Å². The van der Waals surface area contributed by atoms with Gasteiger partial charge in [0.1, 0.15) is 12.4 Å². The summed E-state index contributed by atoms with van der Waals surface area (Å²) in [4.78, 5) is 29.5. The fourth-order valence-electron chi connectivity index (χ4n) is 3.52. The molecule has 0 saturated carbocycles. The number of nitrogens with one attached hydrogen (secondary N) is 2. The molecule has 7 heteroatoms. The minimum absolute atomic E-state index is 0.108. The number of esters is 1. The van der Waals surface area contributed by atoms with Gasteiger partial charge in [-0.25, -0.2) is 9.59 Å². The van der Waals surface area contributed by atoms with Crippen molar-refractivity contribution in [2.45, 2.75) is 19.6 Å². The molecule has 2 amide bonds. The Labute approximate surface area is 173 Å². The Morgan fingerprint density at radius 2 is 1.87 bits per heavy atom. The van der Waals surface area contributed by atoms with Crippen LogP contribution in [0.15, 0.2) is 72.1 Å². The van der Waals surface area contributed by atoms with Crippen molar-refractivity contribution in [3.8, 4) is 5.75 Å². The standard InChI is InChI=1S/C23H21N3O4/c1-14-20(22(27)30-13-15-7-9-16(29-2)10-8-15)21(26-23(28)25-14)18-11-12-24-19-6-4-3-5-17(18)19/h3-12,21H,13H2,1-2H3,(H2,25,26,28). The van der Waals surface area contributed by atoms with Crippen LogP contribution in [-0.2, 0) is 16.1 Å². The molecule has 0 fully saturated rings. The van der Waals surface area contributed by atoms with Gasteiger partial charge >= 0.3 is 12.0 Å². The van der Waals surface area contributed by atoms with E-state index >= 15 is 0 Å². The molecule has 7 nitrogen and oxygen atoms in total. The third-order valence-electron chi connectivity index (χ3n) is 5.01. The van der Waals surface area contributed by atoms with E-state index in [1.807, 2.05) is 54.6 Å². The molecule has 2 heterocycles. The van der Waals surface area contributed by atoms with Crippen LogP contribution in [0.5, 0.6) is 5.75 Å². The second-order valence-corrected chi connectivity index (χ2v) is 6.91. The number of carbonyl (C=O) groups is 2. The van der Waals surface area contributed by atoms with Crippen LogP contribution in [0, 0.1) is 0 Å². The molecule has 3 aromatic rings. The lowest BCUT2D eigenvalue weighted by molar-refractivity contribution is -0.140. The number of hydrogen-bond acceptors (Lipinski definition) is 5. The number of carbonyl (C=O) groups excluding carboxylic acids is 2. The first-order valence-corrected chi connectivity index (χ1v) is 9.49. The van der Waals surface area contributed by atoms with Gasteiger partial charge in [0, 0.05) is 17.3 Å². The Bertz CT molecular complexity index is 1130. The van der Waals surface area contributed by atoms with Crippen LogP contribution >= 0.6 is 0 Å². The molecule has 0 bridgehead atoms. The van der Waals surface area contributed by atoms with Gasteiger partial charge in [-0.2, -0.15) is 0 Å². The van der Waals surface area contributed by atoms with Crippen molar-refractivity contribution in [1.29, 1.82) is 0 Å². The molecule has 1 atom stereocenters. The molecule has 0 radical (unpaired) electrons. The number of hydrogen-bond donors (Lipinski definition) is 2. The molecular formula is C23H21N3O4. The molecule has 0 spiro atoms. The SMILES string of the molecule is COc1ccc(COC(=O)C2=C(C)NC(=O)NC2c2ccnc3ccccc23)cc1. The summed E-state index contributed by atoms with van der Waals surface area (Å²) in [5, 5.41) is 6.38. The lowest BCUT2D eigenvalue weighted by atomic mass is 9.93. The first-order valence-electron chi connectivity index (χ1n) is 9.49. The third-order valence-corrected chi connectivity index (χ3v) is 5.01. The molecule has 0 saturated heterocycles. The summed E-state index contributed by atoms with van der Waals surface area (Å²) in [5.74, 6) is 0.231. The van der Waals surface area contributed by atoms with Gasteiger partial charge in [0.25, 0.3) is 0 Å². The minimum atomic E-state index is -0.644. The van der Waals surface area contributed by atoms with Crippen molar-refractivity contribution in [2.75, 3.05) is 7.11 Å². The Balaban J connectivity index is 1.63. The number of nitrogens with zero attached hydrogens (tertiary/aromatic N) is 1. The monoisotopic (exact) mass is 403 g/mol. The van der Waals surface area contributed by atoms with E-state index in [-0.39, 0.29) is 12.6 Å². The van der Waals surface area contributed by atoms with E-state index in [2.05, 4.69) is 15.6 Å². The zero-order chi connectivity index (χ0) is 21.1. The van der Waals surface area contributed by atoms with E-state index in [4.69, 9.17) is 9.47 Å². The maximum atomic E-state index is 13.0. The highest BCUT2D eigenvalue weighted by Gasteiger charge is 2.33. The number of fused-ring (bicyclic) bond motifs is 1. The number of allylic oxidation sites excluding steroid dienone is 1. The predicted molar refractivity (Wildman–Crippen MR) is 112 cm³/mol. The first-order chi connectivity index (χ1) is 14.6. The fraction of sp³-hybridized carbons (Fsp3) is 0.174. The first kappa shape index (κ1) is 19.4. The molecular weight excluding hydrogens is 382 g/mol. The molecule has 4 rings (SSSR count). The number of urea groups is 1. The van der Waals surface area contributed by atoms with Gasteiger partial charge in [-0.05, 0) is 42.3 Å². The van der Waals surface area contributed by atoms with E-state index in [0.29, 0.717) is 11.3 Å². The van der Waals surface area contributed by atoms with Gasteiger partial charge in [0.05, 0.1) is 24.2 Å². The Morgan fingerprint density at radius 3 is 2.63 bits per heavy atom. The molecule has 0 aliphatic carbocycles. The van der Waals surface area contributed by atoms with Crippen molar-refractivity contribution in [3.63, 3.8) is 0 Å². The van der Waals surface area contributed by atoms with E-state index < -0.39 is 12.0 Å². The average molecular weight is 403 g/mol. The predicted octanol–water partition coefficient (Wildman–Crippen LogP) is 3.61. The summed E-state index contributed by atoms with van der Waals surface area (Å²) in [5.41, 5.74) is 3.22. The van der Waals surface area contributed by atoms with E-state index in [1.165, 1.54) is 0 Å². The lowest BCUT2D eigenvalue weighted by Crippen LogP contribution is -2.45. The minimum Gasteiger partial charge on any atom is -0.497 e. The van der Waals surface area contributed by atoms with Crippen LogP contribution in [0.2, 0.25) is 0 Å². The van der Waals surface area contributed by atoms with Crippen LogP contribution in [0.1, 0.15) is 24.1 Å². The molecule has 152 valence electrons. The van der Waals surface area contributed by atoms with Crippen LogP contribution in [0.4, 0.5) is 4.79 Å². The summed E-state index contributed by atoms with van der Waals surface area (Å²) in [6.07, 6.45) is 1.67. The topological polar surface area (TPSA) is 89.5 Å². The largest absolute Gasteiger partial charge is 0.497 e. The zero-order valence-corrected chi connectivity index (χ0v) is 16.6. The zero-order valence-electron chi connectivity index (χ0n) is 16.6. The Morgan fingerprint density at radius 1 is 1.10 bits per heavy atom. The lowest BCUT2D eigenvalue weighted by Gasteiger charge is -2.28. The third kappa shape index (κ3) is 3.82. The molecule has 1 aliphatic heterocycles. The summed E-state index contributed by atoms with van der Waals surface area (Å²) >= 11 is 0. The summed E-state index contributed by atoms with van der Waals surface area (Å²) in [7, 11) is 1.59. The second-order valence-electron chi connectivity index (χ2n) is 6.91. The summed E-state index contributed by atoms with van der Waals surface area (Å²) in [6.45, 7) is 1.80. The van der Waals surface area contributed by atoms with Gasteiger partial charge in [-0.1, -0.05) is 30.3 Å². The van der Waals surface area contributed by atoms with Crippen LogP contribution in [0.25, 0.3) is 10.9 Å². The number of benzene rings is 2. The number of amides is 2. The van der Waals surface area contributed by atoms with Crippen LogP contribution in [-0.4, -0.2) is 24.1 Å². The second kappa shape index (κ2) is 8.24. The van der Waals surface area contributed by atoms with E-state index in [1.54, 1.807) is 20.2 Å². The van der Waals surface area contributed by atoms with Crippen molar-refractivity contribution < 1.29 is 19.1 Å². The maximum Gasteiger partial charge on any atom is 0.338 e. The number of aromatic nitrogens is 1.